The Kier molecular flexibility index (Phi) is 4.96. The van der Waals surface area contributed by atoms with Gasteiger partial charge in [0.15, 0.2) is 11.9 Å². The molecule has 0 aliphatic heterocycles. The van der Waals surface area contributed by atoms with E-state index in [-0.39, 0.29) is 29.2 Å². The molecule has 0 aromatic heterocycles. The number of ketones is 1. The first-order valence-electron chi connectivity index (χ1n) is 5.12. The lowest BCUT2D eigenvalue weighted by Crippen LogP contribution is -2.12. The van der Waals surface area contributed by atoms with E-state index >= 15 is 0 Å². The first-order valence-corrected chi connectivity index (χ1v) is 5.65. The van der Waals surface area contributed by atoms with Crippen molar-refractivity contribution in [3.8, 4) is 0 Å². The number of nitro benzene ring substituents is 1. The lowest BCUT2D eigenvalue weighted by molar-refractivity contribution is -0.385. The van der Waals surface area contributed by atoms with E-state index < -0.39 is 22.7 Å². The molecule has 1 rings (SSSR count). The van der Waals surface area contributed by atoms with Crippen LogP contribution in [0.4, 0.5) is 5.69 Å². The van der Waals surface area contributed by atoms with Crippen LogP contribution >= 0.6 is 11.6 Å². The number of alkyl halides is 1. The molecule has 0 fully saturated rings. The molecule has 0 radical (unpaired) electrons. The van der Waals surface area contributed by atoms with Gasteiger partial charge in [-0.25, -0.2) is 4.79 Å². The van der Waals surface area contributed by atoms with Gasteiger partial charge in [-0.2, -0.15) is 0 Å². The van der Waals surface area contributed by atoms with Gasteiger partial charge in [0, 0.05) is 18.6 Å². The van der Waals surface area contributed by atoms with Crippen molar-refractivity contribution in [2.75, 3.05) is 5.88 Å². The van der Waals surface area contributed by atoms with Gasteiger partial charge in [0.05, 0.1) is 10.8 Å². The molecule has 8 heteroatoms. The maximum Gasteiger partial charge on any atom is 0.337 e. The van der Waals surface area contributed by atoms with Gasteiger partial charge in [-0.15, -0.1) is 11.6 Å². The van der Waals surface area contributed by atoms with E-state index in [4.69, 9.17) is 16.7 Å². The molecule has 0 amide bonds. The number of hydrogen-bond donors (Lipinski definition) is 2. The molecule has 1 aromatic rings. The van der Waals surface area contributed by atoms with Gasteiger partial charge in [-0.05, 0) is 11.1 Å². The van der Waals surface area contributed by atoms with E-state index in [1.807, 2.05) is 0 Å². The van der Waals surface area contributed by atoms with Crippen molar-refractivity contribution >= 4 is 29.0 Å². The van der Waals surface area contributed by atoms with Crippen LogP contribution in [0, 0.1) is 10.1 Å². The normalized spacial score (nSPS) is 11.9. The van der Waals surface area contributed by atoms with Crippen molar-refractivity contribution in [1.82, 2.24) is 0 Å². The summed E-state index contributed by atoms with van der Waals surface area (Å²) in [7, 11) is 0. The summed E-state index contributed by atoms with van der Waals surface area (Å²) in [4.78, 5) is 31.8. The molecule has 19 heavy (non-hydrogen) atoms. The van der Waals surface area contributed by atoms with Crippen LogP contribution in [0.5, 0.6) is 0 Å². The number of carbonyl (C=O) groups is 2. The third-order valence-electron chi connectivity index (χ3n) is 2.31. The second-order valence-corrected chi connectivity index (χ2v) is 4.05. The molecule has 0 heterocycles. The van der Waals surface area contributed by atoms with E-state index in [0.717, 1.165) is 12.1 Å². The lowest BCUT2D eigenvalue weighted by Gasteiger charge is -2.08. The molecule has 0 bridgehead atoms. The number of hydrogen-bond acceptors (Lipinski definition) is 5. The highest BCUT2D eigenvalue weighted by molar-refractivity contribution is 6.27. The van der Waals surface area contributed by atoms with Crippen molar-refractivity contribution in [3.05, 3.63) is 39.4 Å². The fourth-order valence-electron chi connectivity index (χ4n) is 1.48. The maximum absolute atomic E-state index is 11.2. The van der Waals surface area contributed by atoms with Crippen LogP contribution in [0.25, 0.3) is 0 Å². The van der Waals surface area contributed by atoms with E-state index in [1.165, 1.54) is 6.07 Å². The quantitative estimate of drug-likeness (QED) is 0.459. The molecule has 2 N–H and O–H groups in total. The summed E-state index contributed by atoms with van der Waals surface area (Å²) in [5, 5.41) is 28.8. The Morgan fingerprint density at radius 3 is 2.47 bits per heavy atom. The van der Waals surface area contributed by atoms with E-state index in [1.54, 1.807) is 0 Å². The van der Waals surface area contributed by atoms with Crippen LogP contribution in [-0.2, 0) is 16.0 Å². The Balaban J connectivity index is 3.21. The minimum absolute atomic E-state index is 0.154. The Labute approximate surface area is 112 Å². The third-order valence-corrected chi connectivity index (χ3v) is 2.61. The highest BCUT2D eigenvalue weighted by Gasteiger charge is 2.20. The highest BCUT2D eigenvalue weighted by atomic mass is 35.5. The molecular formula is C11H10ClNO6. The number of benzene rings is 1. The third kappa shape index (κ3) is 4.01. The van der Waals surface area contributed by atoms with Crippen LogP contribution in [0.2, 0.25) is 0 Å². The number of nitrogens with zero attached hydrogens (tertiary/aromatic N) is 1. The Morgan fingerprint density at radius 1 is 1.37 bits per heavy atom. The molecule has 0 aliphatic rings. The molecule has 102 valence electrons. The van der Waals surface area contributed by atoms with Gasteiger partial charge in [0.2, 0.25) is 0 Å². The number of aliphatic carboxylic acids is 1. The number of carboxylic acid groups (broad SMARTS) is 1. The summed E-state index contributed by atoms with van der Waals surface area (Å²) in [6.07, 6.45) is -2.05. The van der Waals surface area contributed by atoms with E-state index in [9.17, 15) is 24.8 Å². The van der Waals surface area contributed by atoms with Gasteiger partial charge in [0.1, 0.15) is 0 Å². The topological polar surface area (TPSA) is 118 Å². The van der Waals surface area contributed by atoms with Crippen LogP contribution in [0.3, 0.4) is 0 Å². The predicted molar refractivity (Wildman–Crippen MR) is 65.1 cm³/mol. The number of Topliss-reactive ketones (excluding diaryl/α,β-unsaturated/α-hetero) is 1. The Hall–Kier alpha value is -1.99. The summed E-state index contributed by atoms with van der Waals surface area (Å²) in [5.74, 6) is -2.15. The zero-order chi connectivity index (χ0) is 14.6. The predicted octanol–water partition coefficient (Wildman–Crippen LogP) is 1.06. The monoisotopic (exact) mass is 287 g/mol. The molecule has 0 aliphatic carbocycles. The summed E-state index contributed by atoms with van der Waals surface area (Å²) in [6, 6.07) is 3.33. The van der Waals surface area contributed by atoms with Crippen molar-refractivity contribution in [1.29, 1.82) is 0 Å². The number of halogens is 1. The summed E-state index contributed by atoms with van der Waals surface area (Å²) in [6.45, 7) is 0. The minimum Gasteiger partial charge on any atom is -0.479 e. The van der Waals surface area contributed by atoms with Crippen molar-refractivity contribution in [2.45, 2.75) is 12.5 Å². The SMILES string of the molecule is O=C(CCl)Cc1cc(C(O)C(=O)O)cc([N+](=O)[O-])c1. The van der Waals surface area contributed by atoms with Gasteiger partial charge in [-0.3, -0.25) is 14.9 Å². The first-order chi connectivity index (χ1) is 8.85. The van der Waals surface area contributed by atoms with Crippen molar-refractivity contribution < 1.29 is 24.7 Å². The average molecular weight is 288 g/mol. The second-order valence-electron chi connectivity index (χ2n) is 3.78. The molecule has 0 spiro atoms. The van der Waals surface area contributed by atoms with Crippen LogP contribution in [-0.4, -0.2) is 32.8 Å². The molecule has 1 unspecified atom stereocenters. The Morgan fingerprint density at radius 2 is 2.00 bits per heavy atom. The maximum atomic E-state index is 11.2. The Bertz CT molecular complexity index is 530. The molecule has 0 saturated heterocycles. The first kappa shape index (κ1) is 15.1. The molecule has 1 atom stereocenters. The number of aliphatic hydroxyl groups is 1. The zero-order valence-electron chi connectivity index (χ0n) is 9.58. The second kappa shape index (κ2) is 6.26. The van der Waals surface area contributed by atoms with E-state index in [0.29, 0.717) is 0 Å². The smallest absolute Gasteiger partial charge is 0.337 e. The number of aliphatic hydroxyl groups excluding tert-OH is 1. The standard InChI is InChI=1S/C11H10ClNO6/c12-5-9(14)3-6-1-7(10(15)11(16)17)4-8(2-6)13(18)19/h1-2,4,10,15H,3,5H2,(H,16,17). The van der Waals surface area contributed by atoms with Gasteiger partial charge < -0.3 is 10.2 Å². The molecule has 0 saturated carbocycles. The highest BCUT2D eigenvalue weighted by Crippen LogP contribution is 2.23. The van der Waals surface area contributed by atoms with Gasteiger partial charge in [0.25, 0.3) is 5.69 Å². The van der Waals surface area contributed by atoms with Crippen LogP contribution in [0.1, 0.15) is 17.2 Å². The van der Waals surface area contributed by atoms with Crippen molar-refractivity contribution in [3.63, 3.8) is 0 Å². The van der Waals surface area contributed by atoms with Crippen molar-refractivity contribution in [2.24, 2.45) is 0 Å². The molecular weight excluding hydrogens is 278 g/mol. The number of rotatable bonds is 6. The number of carbonyl (C=O) groups excluding carboxylic acids is 1. The summed E-state index contributed by atoms with van der Waals surface area (Å²) >= 11 is 5.33. The van der Waals surface area contributed by atoms with Crippen LogP contribution in [0.15, 0.2) is 18.2 Å². The zero-order valence-corrected chi connectivity index (χ0v) is 10.3. The number of non-ortho nitro benzene ring substituents is 1. The number of carboxylic acids is 1. The fraction of sp³-hybridized carbons (Fsp3) is 0.273. The number of nitro groups is 1. The van der Waals surface area contributed by atoms with Gasteiger partial charge in [-0.1, -0.05) is 6.07 Å². The largest absolute Gasteiger partial charge is 0.479 e. The average Bonchev–Trinajstić information content (AvgIpc) is 2.36. The van der Waals surface area contributed by atoms with Gasteiger partial charge >= 0.3 is 5.97 Å². The minimum atomic E-state index is -1.88. The summed E-state index contributed by atoms with van der Waals surface area (Å²) in [5.41, 5.74) is -0.315. The summed E-state index contributed by atoms with van der Waals surface area (Å²) < 4.78 is 0. The van der Waals surface area contributed by atoms with E-state index in [2.05, 4.69) is 0 Å². The molecule has 7 nitrogen and oxygen atoms in total. The fourth-order valence-corrected chi connectivity index (χ4v) is 1.58. The lowest BCUT2D eigenvalue weighted by atomic mass is 10.0. The molecule has 1 aromatic carbocycles. The van der Waals surface area contributed by atoms with Crippen LogP contribution < -0.4 is 0 Å².